The third-order valence-corrected chi connectivity index (χ3v) is 4.73. The van der Waals surface area contributed by atoms with Gasteiger partial charge in [-0.1, -0.05) is 41.0 Å². The van der Waals surface area contributed by atoms with Crippen LogP contribution in [0.5, 0.6) is 0 Å². The number of rotatable bonds is 5. The molecule has 0 radical (unpaired) electrons. The highest BCUT2D eigenvalue weighted by Crippen LogP contribution is 2.32. The monoisotopic (exact) mass is 268 g/mol. The van der Waals surface area contributed by atoms with Crippen LogP contribution in [0.15, 0.2) is 0 Å². The number of carbonyl (C=O) groups excluding carboxylic acids is 1. The van der Waals surface area contributed by atoms with Gasteiger partial charge in [0.05, 0.1) is 5.41 Å². The van der Waals surface area contributed by atoms with Gasteiger partial charge in [0.2, 0.25) is 5.91 Å². The molecule has 1 rings (SSSR count). The number of carbonyl (C=O) groups is 1. The van der Waals surface area contributed by atoms with E-state index in [2.05, 4.69) is 45.3 Å². The number of amides is 1. The molecule has 1 saturated heterocycles. The fourth-order valence-corrected chi connectivity index (χ4v) is 2.71. The maximum Gasteiger partial charge on any atom is 0.227 e. The van der Waals surface area contributed by atoms with Crippen LogP contribution >= 0.6 is 0 Å². The van der Waals surface area contributed by atoms with Crippen LogP contribution in [0.3, 0.4) is 0 Å². The van der Waals surface area contributed by atoms with Crippen molar-refractivity contribution in [3.05, 3.63) is 0 Å². The zero-order valence-electron chi connectivity index (χ0n) is 13.4. The lowest BCUT2D eigenvalue weighted by Crippen LogP contribution is -2.51. The molecule has 1 aliphatic heterocycles. The Labute approximate surface area is 118 Å². The van der Waals surface area contributed by atoms with Crippen molar-refractivity contribution in [2.24, 2.45) is 16.7 Å². The second kappa shape index (κ2) is 6.74. The highest BCUT2D eigenvalue weighted by molar-refractivity contribution is 5.83. The quantitative estimate of drug-likeness (QED) is 0.805. The molecule has 1 aliphatic rings. The smallest absolute Gasteiger partial charge is 0.227 e. The van der Waals surface area contributed by atoms with Gasteiger partial charge < -0.3 is 10.6 Å². The van der Waals surface area contributed by atoms with Crippen molar-refractivity contribution in [2.75, 3.05) is 19.6 Å². The average Bonchev–Trinajstić information content (AvgIpc) is 2.35. The largest absolute Gasteiger partial charge is 0.355 e. The number of hydrogen-bond acceptors (Lipinski definition) is 2. The average molecular weight is 268 g/mol. The molecule has 0 aromatic carbocycles. The predicted molar refractivity (Wildman–Crippen MR) is 81.1 cm³/mol. The van der Waals surface area contributed by atoms with Gasteiger partial charge >= 0.3 is 0 Å². The van der Waals surface area contributed by atoms with Crippen molar-refractivity contribution >= 4 is 5.91 Å². The first-order valence-corrected chi connectivity index (χ1v) is 7.81. The summed E-state index contributed by atoms with van der Waals surface area (Å²) in [5.41, 5.74) is 0.0839. The standard InChI is InChI=1S/C16H32N2O/c1-6-8-16(9-7-10-17-12-16)14(19)18-11-13(2)15(3,4)5/h13,17H,6-12H2,1-5H3,(H,18,19). The topological polar surface area (TPSA) is 41.1 Å². The van der Waals surface area contributed by atoms with E-state index in [0.29, 0.717) is 5.92 Å². The maximum absolute atomic E-state index is 12.6. The molecule has 3 heteroatoms. The molecule has 2 atom stereocenters. The van der Waals surface area contributed by atoms with Crippen LogP contribution in [0, 0.1) is 16.7 Å². The van der Waals surface area contributed by atoms with Crippen LogP contribution in [0.25, 0.3) is 0 Å². The highest BCUT2D eigenvalue weighted by atomic mass is 16.2. The summed E-state index contributed by atoms with van der Waals surface area (Å²) >= 11 is 0. The van der Waals surface area contributed by atoms with E-state index in [-0.39, 0.29) is 16.7 Å². The number of hydrogen-bond donors (Lipinski definition) is 2. The predicted octanol–water partition coefficient (Wildman–Crippen LogP) is 2.95. The third kappa shape index (κ3) is 4.48. The minimum atomic E-state index is -0.162. The Morgan fingerprint density at radius 1 is 1.42 bits per heavy atom. The van der Waals surface area contributed by atoms with Gasteiger partial charge in [0.15, 0.2) is 0 Å². The Hall–Kier alpha value is -0.570. The molecule has 0 bridgehead atoms. The summed E-state index contributed by atoms with van der Waals surface area (Å²) < 4.78 is 0. The zero-order valence-corrected chi connectivity index (χ0v) is 13.4. The fraction of sp³-hybridized carbons (Fsp3) is 0.938. The van der Waals surface area contributed by atoms with Crippen molar-refractivity contribution in [1.29, 1.82) is 0 Å². The van der Waals surface area contributed by atoms with E-state index in [1.165, 1.54) is 0 Å². The van der Waals surface area contributed by atoms with Gasteiger partial charge in [-0.05, 0) is 37.1 Å². The number of piperidine rings is 1. The van der Waals surface area contributed by atoms with Crippen LogP contribution in [0.4, 0.5) is 0 Å². The Morgan fingerprint density at radius 3 is 2.58 bits per heavy atom. The van der Waals surface area contributed by atoms with Gasteiger partial charge in [-0.3, -0.25) is 4.79 Å². The first-order chi connectivity index (χ1) is 8.82. The summed E-state index contributed by atoms with van der Waals surface area (Å²) in [6.45, 7) is 13.8. The van der Waals surface area contributed by atoms with Crippen molar-refractivity contribution in [3.8, 4) is 0 Å². The molecule has 0 aliphatic carbocycles. The van der Waals surface area contributed by atoms with Crippen LogP contribution < -0.4 is 10.6 Å². The normalized spacial score (nSPS) is 25.9. The maximum atomic E-state index is 12.6. The molecular formula is C16H32N2O. The molecule has 112 valence electrons. The minimum absolute atomic E-state index is 0.162. The van der Waals surface area contributed by atoms with Crippen LogP contribution in [-0.2, 0) is 4.79 Å². The molecule has 0 aromatic rings. The highest BCUT2D eigenvalue weighted by Gasteiger charge is 2.38. The molecule has 1 amide bonds. The Bertz CT molecular complexity index is 282. The Morgan fingerprint density at radius 2 is 2.11 bits per heavy atom. The van der Waals surface area contributed by atoms with E-state index in [4.69, 9.17) is 0 Å². The van der Waals surface area contributed by atoms with Crippen molar-refractivity contribution in [1.82, 2.24) is 10.6 Å². The summed E-state index contributed by atoms with van der Waals surface area (Å²) in [6, 6.07) is 0. The molecule has 3 nitrogen and oxygen atoms in total. The van der Waals surface area contributed by atoms with Crippen molar-refractivity contribution in [3.63, 3.8) is 0 Å². The van der Waals surface area contributed by atoms with E-state index in [1.807, 2.05) is 0 Å². The van der Waals surface area contributed by atoms with Crippen molar-refractivity contribution in [2.45, 2.75) is 60.3 Å². The first-order valence-electron chi connectivity index (χ1n) is 7.81. The second-order valence-electron chi connectivity index (χ2n) is 7.29. The first kappa shape index (κ1) is 16.5. The van der Waals surface area contributed by atoms with Gasteiger partial charge in [-0.25, -0.2) is 0 Å². The van der Waals surface area contributed by atoms with Gasteiger partial charge in [-0.15, -0.1) is 0 Å². The van der Waals surface area contributed by atoms with E-state index in [1.54, 1.807) is 0 Å². The number of nitrogens with one attached hydrogen (secondary N) is 2. The lowest BCUT2D eigenvalue weighted by molar-refractivity contribution is -0.133. The molecular weight excluding hydrogens is 236 g/mol. The van der Waals surface area contributed by atoms with E-state index in [9.17, 15) is 4.79 Å². The molecule has 2 N–H and O–H groups in total. The minimum Gasteiger partial charge on any atom is -0.355 e. The molecule has 1 fully saturated rings. The summed E-state index contributed by atoms with van der Waals surface area (Å²) in [5, 5.41) is 6.60. The Balaban J connectivity index is 2.58. The van der Waals surface area contributed by atoms with E-state index < -0.39 is 0 Å². The molecule has 0 aromatic heterocycles. The second-order valence-corrected chi connectivity index (χ2v) is 7.29. The Kier molecular flexibility index (Phi) is 5.84. The molecule has 19 heavy (non-hydrogen) atoms. The lowest BCUT2D eigenvalue weighted by Gasteiger charge is -2.37. The summed E-state index contributed by atoms with van der Waals surface area (Å²) in [7, 11) is 0. The third-order valence-electron chi connectivity index (χ3n) is 4.73. The van der Waals surface area contributed by atoms with Gasteiger partial charge in [0, 0.05) is 13.1 Å². The zero-order chi connectivity index (χ0) is 14.5. The van der Waals surface area contributed by atoms with Crippen molar-refractivity contribution < 1.29 is 4.79 Å². The lowest BCUT2D eigenvalue weighted by atomic mass is 9.75. The van der Waals surface area contributed by atoms with Gasteiger partial charge in [0.1, 0.15) is 0 Å². The fourth-order valence-electron chi connectivity index (χ4n) is 2.71. The molecule has 2 unspecified atom stereocenters. The summed E-state index contributed by atoms with van der Waals surface area (Å²) in [5.74, 6) is 0.754. The summed E-state index contributed by atoms with van der Waals surface area (Å²) in [4.78, 5) is 12.6. The molecule has 0 saturated carbocycles. The van der Waals surface area contributed by atoms with Gasteiger partial charge in [-0.2, -0.15) is 0 Å². The summed E-state index contributed by atoms with van der Waals surface area (Å²) in [6.07, 6.45) is 4.21. The van der Waals surface area contributed by atoms with Gasteiger partial charge in [0.25, 0.3) is 0 Å². The molecule has 1 heterocycles. The van der Waals surface area contributed by atoms with Crippen LogP contribution in [0.2, 0.25) is 0 Å². The van der Waals surface area contributed by atoms with Crippen LogP contribution in [-0.4, -0.2) is 25.5 Å². The van der Waals surface area contributed by atoms with E-state index in [0.717, 1.165) is 45.3 Å². The van der Waals surface area contributed by atoms with E-state index >= 15 is 0 Å². The van der Waals surface area contributed by atoms with Crippen LogP contribution in [0.1, 0.15) is 60.3 Å². The SMILES string of the molecule is CCCC1(C(=O)NCC(C)C(C)(C)C)CCCNC1. The molecule has 0 spiro atoms.